The number of hydrogen-bond donors (Lipinski definition) is 2. The van der Waals surface area contributed by atoms with E-state index in [1.165, 1.54) is 0 Å². The van der Waals surface area contributed by atoms with E-state index in [2.05, 4.69) is 16.7 Å². The molecule has 2 N–H and O–H groups in total. The third-order valence-corrected chi connectivity index (χ3v) is 5.98. The second-order valence-electron chi connectivity index (χ2n) is 6.28. The minimum absolute atomic E-state index is 0.109. The van der Waals surface area contributed by atoms with E-state index in [9.17, 15) is 10.1 Å². The molecule has 1 aromatic rings. The molecule has 1 amide bonds. The molecular formula is C17H23N3O3S. The van der Waals surface area contributed by atoms with Crippen molar-refractivity contribution in [2.45, 2.75) is 38.2 Å². The molecule has 6 nitrogen and oxygen atoms in total. The van der Waals surface area contributed by atoms with Crippen LogP contribution in [0.3, 0.4) is 0 Å². The fraction of sp³-hybridized carbons (Fsp3) is 0.647. The summed E-state index contributed by atoms with van der Waals surface area (Å²) < 4.78 is 10.9. The SMILES string of the molecule is CNc1sc2c(c1C#N)CCC(OC(=O)NCC1CCOCC1)C2. The molecule has 0 radical (unpaired) electrons. The minimum atomic E-state index is -0.333. The predicted octanol–water partition coefficient (Wildman–Crippen LogP) is 2.67. The van der Waals surface area contributed by atoms with Crippen LogP contribution in [0.5, 0.6) is 0 Å². The molecule has 1 fully saturated rings. The molecule has 0 saturated carbocycles. The van der Waals surface area contributed by atoms with Crippen LogP contribution >= 0.6 is 11.3 Å². The smallest absolute Gasteiger partial charge is 0.407 e. The summed E-state index contributed by atoms with van der Waals surface area (Å²) in [5.74, 6) is 0.484. The van der Waals surface area contributed by atoms with Gasteiger partial charge in [-0.15, -0.1) is 11.3 Å². The van der Waals surface area contributed by atoms with E-state index < -0.39 is 0 Å². The Morgan fingerprint density at radius 3 is 2.92 bits per heavy atom. The summed E-state index contributed by atoms with van der Waals surface area (Å²) in [5.41, 5.74) is 1.87. The lowest BCUT2D eigenvalue weighted by molar-refractivity contribution is 0.0612. The number of alkyl carbamates (subject to hydrolysis) is 1. The number of ether oxygens (including phenoxy) is 2. The molecule has 24 heavy (non-hydrogen) atoms. The number of rotatable bonds is 4. The number of carbonyl (C=O) groups is 1. The van der Waals surface area contributed by atoms with E-state index in [0.717, 1.165) is 59.9 Å². The number of nitrogens with one attached hydrogen (secondary N) is 2. The molecule has 3 rings (SSSR count). The van der Waals surface area contributed by atoms with Crippen LogP contribution < -0.4 is 10.6 Å². The van der Waals surface area contributed by atoms with Gasteiger partial charge in [0.05, 0.1) is 5.56 Å². The lowest BCUT2D eigenvalue weighted by atomic mass is 9.94. The zero-order chi connectivity index (χ0) is 16.9. The first-order valence-electron chi connectivity index (χ1n) is 8.46. The van der Waals surface area contributed by atoms with Crippen molar-refractivity contribution in [1.29, 1.82) is 5.26 Å². The first-order chi connectivity index (χ1) is 11.7. The number of amides is 1. The van der Waals surface area contributed by atoms with Gasteiger partial charge in [0, 0.05) is 38.1 Å². The number of hydrogen-bond acceptors (Lipinski definition) is 6. The van der Waals surface area contributed by atoms with Crippen molar-refractivity contribution >= 4 is 22.4 Å². The molecule has 1 aliphatic heterocycles. The Hall–Kier alpha value is -1.78. The van der Waals surface area contributed by atoms with Crippen LogP contribution in [0.15, 0.2) is 0 Å². The average molecular weight is 349 g/mol. The topological polar surface area (TPSA) is 83.4 Å². The molecule has 0 spiro atoms. The Kier molecular flexibility index (Phi) is 5.59. The maximum Gasteiger partial charge on any atom is 0.407 e. The Bertz CT molecular complexity index is 632. The predicted molar refractivity (Wildman–Crippen MR) is 92.4 cm³/mol. The highest BCUT2D eigenvalue weighted by atomic mass is 32.1. The van der Waals surface area contributed by atoms with E-state index in [4.69, 9.17) is 9.47 Å². The van der Waals surface area contributed by atoms with Gasteiger partial charge in [-0.3, -0.25) is 0 Å². The Morgan fingerprint density at radius 1 is 1.42 bits per heavy atom. The normalized spacial score (nSPS) is 20.8. The fourth-order valence-electron chi connectivity index (χ4n) is 3.32. The van der Waals surface area contributed by atoms with Gasteiger partial charge in [0.25, 0.3) is 0 Å². The van der Waals surface area contributed by atoms with Crippen molar-refractivity contribution in [2.75, 3.05) is 32.1 Å². The molecular weight excluding hydrogens is 326 g/mol. The molecule has 0 aromatic carbocycles. The van der Waals surface area contributed by atoms with E-state index in [1.807, 2.05) is 7.05 Å². The quantitative estimate of drug-likeness (QED) is 0.873. The molecule has 130 valence electrons. The van der Waals surface area contributed by atoms with Crippen molar-refractivity contribution in [3.63, 3.8) is 0 Å². The Labute approximate surface area is 146 Å². The third-order valence-electron chi connectivity index (χ3n) is 4.71. The van der Waals surface area contributed by atoms with Crippen molar-refractivity contribution < 1.29 is 14.3 Å². The van der Waals surface area contributed by atoms with Crippen LogP contribution in [-0.4, -0.2) is 39.0 Å². The molecule has 7 heteroatoms. The largest absolute Gasteiger partial charge is 0.446 e. The molecule has 1 saturated heterocycles. The third kappa shape index (κ3) is 3.82. The van der Waals surface area contributed by atoms with E-state index in [-0.39, 0.29) is 12.2 Å². The van der Waals surface area contributed by atoms with Crippen molar-refractivity contribution in [1.82, 2.24) is 5.32 Å². The minimum Gasteiger partial charge on any atom is -0.446 e. The van der Waals surface area contributed by atoms with Gasteiger partial charge in [-0.25, -0.2) is 4.79 Å². The standard InChI is InChI=1S/C17H23N3O3S/c1-19-16-14(9-18)13-3-2-12(8-15(13)24-16)23-17(21)20-10-11-4-6-22-7-5-11/h11-12,19H,2-8,10H2,1H3,(H,20,21). The summed E-state index contributed by atoms with van der Waals surface area (Å²) in [6.45, 7) is 2.21. The average Bonchev–Trinajstić information content (AvgIpc) is 2.97. The summed E-state index contributed by atoms with van der Waals surface area (Å²) in [4.78, 5) is 13.2. The van der Waals surface area contributed by atoms with Crippen LogP contribution in [0.1, 0.15) is 35.3 Å². The molecule has 1 aromatic heterocycles. The van der Waals surface area contributed by atoms with Gasteiger partial charge in [0.1, 0.15) is 17.2 Å². The van der Waals surface area contributed by atoms with E-state index in [1.54, 1.807) is 11.3 Å². The van der Waals surface area contributed by atoms with Crippen LogP contribution in [0.4, 0.5) is 9.80 Å². The van der Waals surface area contributed by atoms with Crippen molar-refractivity contribution in [3.05, 3.63) is 16.0 Å². The highest BCUT2D eigenvalue weighted by Crippen LogP contribution is 2.38. The maximum atomic E-state index is 12.0. The molecule has 1 aliphatic carbocycles. The van der Waals surface area contributed by atoms with Crippen LogP contribution in [-0.2, 0) is 22.3 Å². The summed E-state index contributed by atoms with van der Waals surface area (Å²) in [7, 11) is 1.83. The van der Waals surface area contributed by atoms with Crippen LogP contribution in [0.2, 0.25) is 0 Å². The summed E-state index contributed by atoms with van der Waals surface area (Å²) in [6, 6.07) is 2.28. The van der Waals surface area contributed by atoms with E-state index in [0.29, 0.717) is 18.9 Å². The van der Waals surface area contributed by atoms with Gasteiger partial charge in [-0.05, 0) is 37.2 Å². The lowest BCUT2D eigenvalue weighted by Crippen LogP contribution is -2.36. The van der Waals surface area contributed by atoms with Gasteiger partial charge >= 0.3 is 6.09 Å². The number of carbonyl (C=O) groups excluding carboxylic acids is 1. The molecule has 0 bridgehead atoms. The molecule has 1 unspecified atom stereocenters. The van der Waals surface area contributed by atoms with Gasteiger partial charge in [-0.1, -0.05) is 0 Å². The van der Waals surface area contributed by atoms with Crippen LogP contribution in [0, 0.1) is 17.2 Å². The first kappa shape index (κ1) is 17.1. The Balaban J connectivity index is 1.51. The highest BCUT2D eigenvalue weighted by Gasteiger charge is 2.27. The fourth-order valence-corrected chi connectivity index (χ4v) is 4.54. The zero-order valence-electron chi connectivity index (χ0n) is 13.9. The zero-order valence-corrected chi connectivity index (χ0v) is 14.7. The number of anilines is 1. The van der Waals surface area contributed by atoms with Gasteiger partial charge < -0.3 is 20.1 Å². The van der Waals surface area contributed by atoms with Crippen molar-refractivity contribution in [2.24, 2.45) is 5.92 Å². The molecule has 1 atom stereocenters. The second kappa shape index (κ2) is 7.86. The number of nitriles is 1. The number of nitrogens with zero attached hydrogens (tertiary/aromatic N) is 1. The lowest BCUT2D eigenvalue weighted by Gasteiger charge is -2.24. The van der Waals surface area contributed by atoms with E-state index >= 15 is 0 Å². The molecule has 2 heterocycles. The number of thiophene rings is 1. The summed E-state index contributed by atoms with van der Waals surface area (Å²) in [5, 5.41) is 16.2. The second-order valence-corrected chi connectivity index (χ2v) is 7.38. The van der Waals surface area contributed by atoms with Gasteiger partial charge in [-0.2, -0.15) is 5.26 Å². The van der Waals surface area contributed by atoms with Crippen LogP contribution in [0.25, 0.3) is 0 Å². The summed E-state index contributed by atoms with van der Waals surface area (Å²) in [6.07, 6.45) is 3.79. The summed E-state index contributed by atoms with van der Waals surface area (Å²) >= 11 is 1.59. The maximum absolute atomic E-state index is 12.0. The van der Waals surface area contributed by atoms with Gasteiger partial charge in [0.2, 0.25) is 0 Å². The molecule has 2 aliphatic rings. The van der Waals surface area contributed by atoms with Gasteiger partial charge in [0.15, 0.2) is 0 Å². The monoisotopic (exact) mass is 349 g/mol. The Morgan fingerprint density at radius 2 is 2.21 bits per heavy atom. The van der Waals surface area contributed by atoms with Crippen molar-refractivity contribution in [3.8, 4) is 6.07 Å². The number of fused-ring (bicyclic) bond motifs is 1. The first-order valence-corrected chi connectivity index (χ1v) is 9.27. The highest BCUT2D eigenvalue weighted by molar-refractivity contribution is 7.16.